The van der Waals surface area contributed by atoms with Gasteiger partial charge in [-0.3, -0.25) is 9.48 Å². The van der Waals surface area contributed by atoms with Crippen molar-refractivity contribution in [2.75, 3.05) is 18.4 Å². The van der Waals surface area contributed by atoms with E-state index < -0.39 is 11.7 Å². The minimum Gasteiger partial charge on any atom is -0.342 e. The van der Waals surface area contributed by atoms with Crippen molar-refractivity contribution >= 4 is 17.5 Å². The molecule has 0 aromatic carbocycles. The first-order valence-electron chi connectivity index (χ1n) is 9.63. The van der Waals surface area contributed by atoms with E-state index >= 15 is 0 Å². The van der Waals surface area contributed by atoms with Gasteiger partial charge in [-0.2, -0.15) is 18.3 Å². The van der Waals surface area contributed by atoms with Gasteiger partial charge in [0.25, 0.3) is 0 Å². The molecule has 0 radical (unpaired) electrons. The monoisotopic (exact) mass is 431 g/mol. The summed E-state index contributed by atoms with van der Waals surface area (Å²) in [6, 6.07) is 3.53. The number of halogens is 3. The average molecular weight is 431 g/mol. The van der Waals surface area contributed by atoms with Gasteiger partial charge in [-0.05, 0) is 18.6 Å². The predicted octanol–water partition coefficient (Wildman–Crippen LogP) is 3.37. The van der Waals surface area contributed by atoms with E-state index in [1.54, 1.807) is 35.1 Å². The Morgan fingerprint density at radius 3 is 2.68 bits per heavy atom. The molecule has 1 amide bonds. The fourth-order valence-electron chi connectivity index (χ4n) is 3.50. The fourth-order valence-corrected chi connectivity index (χ4v) is 3.50. The topological polar surface area (TPSA) is 88.8 Å². The second-order valence-electron chi connectivity index (χ2n) is 7.41. The van der Waals surface area contributed by atoms with E-state index in [9.17, 15) is 18.0 Å². The van der Waals surface area contributed by atoms with Gasteiger partial charge in [0.1, 0.15) is 11.6 Å². The molecular weight excluding hydrogens is 411 g/mol. The number of pyridine rings is 1. The van der Waals surface area contributed by atoms with Crippen LogP contribution in [0, 0.1) is 0 Å². The van der Waals surface area contributed by atoms with Crippen molar-refractivity contribution in [1.82, 2.24) is 29.6 Å². The van der Waals surface area contributed by atoms with Crippen molar-refractivity contribution in [3.05, 3.63) is 48.0 Å². The normalized spacial score (nSPS) is 16.5. The van der Waals surface area contributed by atoms with Gasteiger partial charge in [-0.15, -0.1) is 0 Å². The Bertz CT molecular complexity index is 1110. The highest BCUT2D eigenvalue weighted by Crippen LogP contribution is 2.32. The lowest BCUT2D eigenvalue weighted by Gasteiger charge is -2.15. The van der Waals surface area contributed by atoms with E-state index in [0.717, 1.165) is 24.8 Å². The molecule has 3 aromatic heterocycles. The third-order valence-electron chi connectivity index (χ3n) is 5.10. The highest BCUT2D eigenvalue weighted by Gasteiger charge is 2.31. The molecule has 1 unspecified atom stereocenters. The molecule has 0 bridgehead atoms. The number of alkyl halides is 3. The van der Waals surface area contributed by atoms with E-state index in [2.05, 4.69) is 25.4 Å². The molecule has 1 atom stereocenters. The second kappa shape index (κ2) is 7.97. The fraction of sp³-hybridized carbons (Fsp3) is 0.350. The maximum absolute atomic E-state index is 13.0. The maximum atomic E-state index is 13.0. The maximum Gasteiger partial charge on any atom is 0.416 e. The zero-order chi connectivity index (χ0) is 22.2. The SMILES string of the molecule is CC(=O)N1CCC(c2cc(Nc3cc(C(F)(F)F)ccn3)nc(-c3cnn(C)c3)n2)C1. The molecule has 4 rings (SSSR count). The van der Waals surface area contributed by atoms with E-state index in [1.807, 2.05) is 0 Å². The lowest BCUT2D eigenvalue weighted by atomic mass is 10.0. The Labute approximate surface area is 176 Å². The first-order valence-corrected chi connectivity index (χ1v) is 9.63. The van der Waals surface area contributed by atoms with Crippen LogP contribution in [-0.4, -0.2) is 48.6 Å². The summed E-state index contributed by atoms with van der Waals surface area (Å²) in [7, 11) is 1.76. The van der Waals surface area contributed by atoms with Gasteiger partial charge in [0, 0.05) is 51.4 Å². The van der Waals surface area contributed by atoms with Crippen LogP contribution in [0.5, 0.6) is 0 Å². The number of nitrogens with zero attached hydrogens (tertiary/aromatic N) is 6. The molecule has 0 saturated carbocycles. The van der Waals surface area contributed by atoms with Crippen molar-refractivity contribution < 1.29 is 18.0 Å². The third-order valence-corrected chi connectivity index (χ3v) is 5.10. The number of aryl methyl sites for hydroxylation is 1. The summed E-state index contributed by atoms with van der Waals surface area (Å²) < 4.78 is 40.7. The van der Waals surface area contributed by atoms with Crippen molar-refractivity contribution in [3.8, 4) is 11.4 Å². The summed E-state index contributed by atoms with van der Waals surface area (Å²) in [6.07, 6.45) is 0.724. The van der Waals surface area contributed by atoms with Crippen LogP contribution in [0.25, 0.3) is 11.4 Å². The quantitative estimate of drug-likeness (QED) is 0.682. The van der Waals surface area contributed by atoms with Gasteiger partial charge in [0.15, 0.2) is 5.82 Å². The molecule has 1 fully saturated rings. The number of likely N-dealkylation sites (tertiary alicyclic amines) is 1. The Kier molecular flexibility index (Phi) is 5.34. The minimum absolute atomic E-state index is 0.00246. The van der Waals surface area contributed by atoms with Gasteiger partial charge in [-0.1, -0.05) is 0 Å². The Balaban J connectivity index is 1.69. The zero-order valence-corrected chi connectivity index (χ0v) is 16.9. The van der Waals surface area contributed by atoms with Crippen molar-refractivity contribution in [3.63, 3.8) is 0 Å². The lowest BCUT2D eigenvalue weighted by molar-refractivity contribution is -0.137. The zero-order valence-electron chi connectivity index (χ0n) is 16.9. The highest BCUT2D eigenvalue weighted by molar-refractivity contribution is 5.73. The molecule has 162 valence electrons. The van der Waals surface area contributed by atoms with Crippen LogP contribution in [0.2, 0.25) is 0 Å². The Morgan fingerprint density at radius 1 is 1.23 bits per heavy atom. The lowest BCUT2D eigenvalue weighted by Crippen LogP contribution is -2.25. The highest BCUT2D eigenvalue weighted by atomic mass is 19.4. The average Bonchev–Trinajstić information content (AvgIpc) is 3.37. The number of carbonyl (C=O) groups excluding carboxylic acids is 1. The molecule has 3 aromatic rings. The van der Waals surface area contributed by atoms with Crippen LogP contribution in [0.3, 0.4) is 0 Å². The molecule has 1 saturated heterocycles. The summed E-state index contributed by atoms with van der Waals surface area (Å²) in [4.78, 5) is 26.5. The molecule has 1 N–H and O–H groups in total. The third kappa shape index (κ3) is 4.65. The number of carbonyl (C=O) groups is 1. The molecule has 8 nitrogen and oxygen atoms in total. The summed E-state index contributed by atoms with van der Waals surface area (Å²) in [5, 5.41) is 6.99. The molecule has 11 heteroatoms. The molecule has 0 spiro atoms. The Hall–Kier alpha value is -3.50. The van der Waals surface area contributed by atoms with Gasteiger partial charge < -0.3 is 10.2 Å². The van der Waals surface area contributed by atoms with Crippen LogP contribution < -0.4 is 5.32 Å². The number of anilines is 2. The number of rotatable bonds is 4. The first kappa shape index (κ1) is 20.8. The summed E-state index contributed by atoms with van der Waals surface area (Å²) in [5.74, 6) is 0.722. The molecule has 1 aliphatic heterocycles. The van der Waals surface area contributed by atoms with E-state index in [1.165, 1.54) is 6.92 Å². The molecule has 1 aliphatic rings. The minimum atomic E-state index is -4.48. The van der Waals surface area contributed by atoms with E-state index in [-0.39, 0.29) is 17.6 Å². The van der Waals surface area contributed by atoms with E-state index in [0.29, 0.717) is 36.0 Å². The van der Waals surface area contributed by atoms with Crippen molar-refractivity contribution in [1.29, 1.82) is 0 Å². The number of amides is 1. The smallest absolute Gasteiger partial charge is 0.342 e. The largest absolute Gasteiger partial charge is 0.416 e. The molecular formula is C20H20F3N7O. The van der Waals surface area contributed by atoms with Crippen LogP contribution in [-0.2, 0) is 18.0 Å². The van der Waals surface area contributed by atoms with Crippen molar-refractivity contribution in [2.24, 2.45) is 7.05 Å². The Morgan fingerprint density at radius 2 is 2.03 bits per heavy atom. The van der Waals surface area contributed by atoms with Crippen LogP contribution in [0.4, 0.5) is 24.8 Å². The summed E-state index contributed by atoms with van der Waals surface area (Å²) in [6.45, 7) is 2.68. The van der Waals surface area contributed by atoms with Gasteiger partial charge in [-0.25, -0.2) is 15.0 Å². The number of hydrogen-bond acceptors (Lipinski definition) is 6. The predicted molar refractivity (Wildman–Crippen MR) is 106 cm³/mol. The molecule has 4 heterocycles. The first-order chi connectivity index (χ1) is 14.7. The molecule has 31 heavy (non-hydrogen) atoms. The number of nitrogens with one attached hydrogen (secondary N) is 1. The van der Waals surface area contributed by atoms with Crippen molar-refractivity contribution in [2.45, 2.75) is 25.4 Å². The number of aromatic nitrogens is 5. The van der Waals surface area contributed by atoms with Gasteiger partial charge in [0.2, 0.25) is 5.91 Å². The summed E-state index contributed by atoms with van der Waals surface area (Å²) >= 11 is 0. The van der Waals surface area contributed by atoms with Crippen LogP contribution in [0.1, 0.15) is 30.5 Å². The second-order valence-corrected chi connectivity index (χ2v) is 7.41. The number of hydrogen-bond donors (Lipinski definition) is 1. The van der Waals surface area contributed by atoms with Gasteiger partial charge >= 0.3 is 6.18 Å². The van der Waals surface area contributed by atoms with Crippen LogP contribution >= 0.6 is 0 Å². The summed E-state index contributed by atoms with van der Waals surface area (Å²) in [5.41, 5.74) is 0.567. The molecule has 0 aliphatic carbocycles. The van der Waals surface area contributed by atoms with Crippen LogP contribution in [0.15, 0.2) is 36.8 Å². The van der Waals surface area contributed by atoms with Gasteiger partial charge in [0.05, 0.1) is 23.0 Å². The van der Waals surface area contributed by atoms with E-state index in [4.69, 9.17) is 0 Å². The standard InChI is InChI=1S/C20H20F3N7O/c1-12(31)30-6-4-13(11-30)16-8-18(28-19(26-16)14-9-25-29(2)10-14)27-17-7-15(3-5-24-17)20(21,22)23/h3,5,7-10,13H,4,6,11H2,1-2H3,(H,24,26,27,28).